The molecule has 118 heavy (non-hydrogen) atoms. The standard InChI is InChI=1S/2C51H39N2.C7H5N4.Ir/c2*1-50(2)45-15-9-7-13-41(45)43-27-25-38(31-47(43)50)53(39-26-28-44-42-14-8-10-16-46(42)51(3,4)48(44)32-39)37-23-21-34(22-24-37)33-17-19-36(20-18-33)49-40-12-6-5-11-35(40)29-30-52-49;1-2-4-8-6(3-1)7-9-5-10-11-7;/h2*5-19,21-32H,1-4H3;1-5H;/q3*-1;+3. The smallest absolute Gasteiger partial charge is 0.424 e. The van der Waals surface area contributed by atoms with Crippen molar-refractivity contribution in [1.29, 1.82) is 0 Å². The third-order valence-corrected chi connectivity index (χ3v) is 25.0. The van der Waals surface area contributed by atoms with Gasteiger partial charge in [0.15, 0.2) is 0 Å². The molecular formula is C109H83IrN8. The first-order chi connectivity index (χ1) is 57.0. The molecule has 9 heteroatoms. The molecule has 0 spiro atoms. The van der Waals surface area contributed by atoms with Crippen LogP contribution in [0.2, 0.25) is 0 Å². The van der Waals surface area contributed by atoms with E-state index in [0.717, 1.165) is 95.4 Å². The van der Waals surface area contributed by atoms with Crippen molar-refractivity contribution < 1.29 is 20.1 Å². The molecule has 0 fully saturated rings. The summed E-state index contributed by atoms with van der Waals surface area (Å²) in [7, 11) is 0. The first-order valence-electron chi connectivity index (χ1n) is 40.3. The number of benzene rings is 14. The van der Waals surface area contributed by atoms with Crippen molar-refractivity contribution in [2.24, 2.45) is 0 Å². The number of rotatable bonds is 11. The molecule has 4 aliphatic rings. The second-order valence-corrected chi connectivity index (χ2v) is 33.1. The Kier molecular flexibility index (Phi) is 18.7. The van der Waals surface area contributed by atoms with Crippen LogP contribution in [0.1, 0.15) is 99.9 Å². The number of fused-ring (bicyclic) bond motifs is 14. The van der Waals surface area contributed by atoms with Gasteiger partial charge in [0.1, 0.15) is 0 Å². The molecule has 0 saturated carbocycles. The number of pyridine rings is 3. The largest absolute Gasteiger partial charge is 3.00 e. The number of aromatic nitrogens is 6. The Morgan fingerprint density at radius 2 is 0.593 bits per heavy atom. The van der Waals surface area contributed by atoms with Crippen LogP contribution in [0.5, 0.6) is 0 Å². The van der Waals surface area contributed by atoms with E-state index in [4.69, 9.17) is 9.97 Å². The Bertz CT molecular complexity index is 6260. The fourth-order valence-electron chi connectivity index (χ4n) is 18.8. The van der Waals surface area contributed by atoms with Crippen molar-refractivity contribution in [2.75, 3.05) is 9.80 Å². The molecule has 0 bridgehead atoms. The summed E-state index contributed by atoms with van der Waals surface area (Å²) in [5.74, 6) is 0.575. The first-order valence-corrected chi connectivity index (χ1v) is 40.3. The predicted octanol–water partition coefficient (Wildman–Crippen LogP) is 27.4. The van der Waals surface area contributed by atoms with Gasteiger partial charge in [-0.3, -0.25) is 10.1 Å². The van der Waals surface area contributed by atoms with Crippen LogP contribution in [0.15, 0.2) is 359 Å². The van der Waals surface area contributed by atoms with Gasteiger partial charge in [-0.1, -0.05) is 278 Å². The van der Waals surface area contributed by atoms with Crippen LogP contribution in [0.4, 0.5) is 34.1 Å². The SMILES string of the molecule is CC1(C)c2ccccc2-c2ccc(N(c3ccc(-c4c[c-]c(-c5nccc6ccccc56)cc4)cc3)c3ccc4c(c3)C(C)(C)c3ccccc3-4)cc21.CC1(C)c2ccccc2-c2ccc(N(c3ccc(-c4c[c-]c(-c5nccc6ccccc56)cc4)cc3)c3ccc4c(c3)C(C)(C)c3ccccc3-4)cc21.[Ir+3].c1ccc(-c2ncn[n-]2)nc1. The molecule has 0 radical (unpaired) electrons. The van der Waals surface area contributed by atoms with E-state index in [0.29, 0.717) is 5.82 Å². The van der Waals surface area contributed by atoms with Crippen LogP contribution in [-0.2, 0) is 41.8 Å². The second kappa shape index (κ2) is 29.6. The summed E-state index contributed by atoms with van der Waals surface area (Å²) in [6.07, 6.45) is 6.87. The number of hydrogen-bond donors (Lipinski definition) is 0. The van der Waals surface area contributed by atoms with Gasteiger partial charge < -0.3 is 29.9 Å². The average Bonchev–Trinajstić information content (AvgIpc) is 1.58. The molecule has 0 N–H and O–H groups in total. The van der Waals surface area contributed by atoms with Gasteiger partial charge in [0.05, 0.1) is 5.69 Å². The molecule has 0 aliphatic heterocycles. The van der Waals surface area contributed by atoms with Gasteiger partial charge in [-0.2, -0.15) is 0 Å². The zero-order valence-corrected chi connectivity index (χ0v) is 69.4. The van der Waals surface area contributed by atoms with E-state index in [-0.39, 0.29) is 41.8 Å². The molecule has 4 aromatic heterocycles. The Morgan fingerprint density at radius 3 is 0.924 bits per heavy atom. The molecule has 4 heterocycles. The maximum absolute atomic E-state index is 4.72. The maximum Gasteiger partial charge on any atom is 3.00 e. The molecule has 0 amide bonds. The molecule has 568 valence electrons. The Balaban J connectivity index is 0.000000137. The van der Waals surface area contributed by atoms with E-state index < -0.39 is 0 Å². The zero-order chi connectivity index (χ0) is 79.3. The Morgan fingerprint density at radius 1 is 0.271 bits per heavy atom. The predicted molar refractivity (Wildman–Crippen MR) is 481 cm³/mol. The summed E-state index contributed by atoms with van der Waals surface area (Å²) in [4.78, 5) is 22.3. The summed E-state index contributed by atoms with van der Waals surface area (Å²) in [5, 5.41) is 12.0. The van der Waals surface area contributed by atoms with Gasteiger partial charge in [0.25, 0.3) is 0 Å². The van der Waals surface area contributed by atoms with E-state index in [1.54, 1.807) is 6.20 Å². The van der Waals surface area contributed by atoms with E-state index in [9.17, 15) is 0 Å². The summed E-state index contributed by atoms with van der Waals surface area (Å²) in [5.41, 5.74) is 37.4. The van der Waals surface area contributed by atoms with Gasteiger partial charge in [0, 0.05) is 80.7 Å². The van der Waals surface area contributed by atoms with Crippen molar-refractivity contribution >= 4 is 55.7 Å². The second-order valence-electron chi connectivity index (χ2n) is 33.1. The molecule has 4 aliphatic carbocycles. The number of nitrogens with zero attached hydrogens (tertiary/aromatic N) is 8. The first kappa shape index (κ1) is 74.5. The summed E-state index contributed by atoms with van der Waals surface area (Å²) in [6, 6.07) is 128. The van der Waals surface area contributed by atoms with E-state index in [1.807, 2.05) is 30.6 Å². The maximum atomic E-state index is 4.72. The minimum atomic E-state index is -0.0940. The molecule has 22 rings (SSSR count). The molecule has 8 nitrogen and oxygen atoms in total. The zero-order valence-electron chi connectivity index (χ0n) is 67.0. The fourth-order valence-corrected chi connectivity index (χ4v) is 18.8. The van der Waals surface area contributed by atoms with Crippen LogP contribution < -0.4 is 14.9 Å². The van der Waals surface area contributed by atoms with Crippen LogP contribution in [0.3, 0.4) is 0 Å². The van der Waals surface area contributed by atoms with Crippen LogP contribution in [-0.4, -0.2) is 25.0 Å². The molecular weight excluding hydrogens is 1610 g/mol. The van der Waals surface area contributed by atoms with Crippen LogP contribution in [0, 0.1) is 12.1 Å². The van der Waals surface area contributed by atoms with Gasteiger partial charge in [0.2, 0.25) is 0 Å². The summed E-state index contributed by atoms with van der Waals surface area (Å²) >= 11 is 0. The molecule has 18 aromatic rings. The molecule has 0 atom stereocenters. The normalized spacial score (nSPS) is 13.8. The van der Waals surface area contributed by atoms with Crippen molar-refractivity contribution in [1.82, 2.24) is 30.1 Å². The van der Waals surface area contributed by atoms with Crippen LogP contribution in [0.25, 0.3) is 122 Å². The van der Waals surface area contributed by atoms with Crippen molar-refractivity contribution in [2.45, 2.75) is 77.0 Å². The summed E-state index contributed by atoms with van der Waals surface area (Å²) in [6.45, 7) is 18.8. The van der Waals surface area contributed by atoms with Crippen molar-refractivity contribution in [3.05, 3.63) is 415 Å². The van der Waals surface area contributed by atoms with E-state index in [1.165, 1.54) is 106 Å². The third kappa shape index (κ3) is 12.8. The third-order valence-electron chi connectivity index (χ3n) is 25.0. The van der Waals surface area contributed by atoms with Gasteiger partial charge in [-0.05, 0) is 225 Å². The topological polar surface area (TPSA) is 85.0 Å². The Labute approximate surface area is 703 Å². The average molecular weight is 1700 g/mol. The van der Waals surface area contributed by atoms with Gasteiger partial charge in [-0.15, -0.1) is 59.7 Å². The monoisotopic (exact) mass is 1700 g/mol. The number of hydrogen-bond acceptors (Lipinski definition) is 7. The van der Waals surface area contributed by atoms with Crippen molar-refractivity contribution in [3.8, 4) is 101 Å². The fraction of sp³-hybridized carbons (Fsp3) is 0.110. The molecule has 0 unspecified atom stereocenters. The molecule has 14 aromatic carbocycles. The van der Waals surface area contributed by atoms with E-state index in [2.05, 4.69) is 413 Å². The quantitative estimate of drug-likeness (QED) is 0.118. The van der Waals surface area contributed by atoms with Crippen molar-refractivity contribution in [3.63, 3.8) is 0 Å². The van der Waals surface area contributed by atoms with E-state index >= 15 is 0 Å². The molecule has 0 saturated heterocycles. The minimum absolute atomic E-state index is 0. The van der Waals surface area contributed by atoms with Gasteiger partial charge in [-0.25, -0.2) is 0 Å². The van der Waals surface area contributed by atoms with Gasteiger partial charge >= 0.3 is 20.1 Å². The van der Waals surface area contributed by atoms with Crippen LogP contribution >= 0.6 is 0 Å². The Hall–Kier alpha value is -13.6. The summed E-state index contributed by atoms with van der Waals surface area (Å²) < 4.78 is 0. The number of anilines is 6. The minimum Gasteiger partial charge on any atom is -0.424 e.